The van der Waals surface area contributed by atoms with E-state index in [1.54, 1.807) is 20.8 Å². The van der Waals surface area contributed by atoms with Gasteiger partial charge in [0.15, 0.2) is 5.78 Å². The topological polar surface area (TPSA) is 55.8 Å². The smallest absolute Gasteiger partial charge is 0.298 e. The molecule has 0 saturated heterocycles. The van der Waals surface area contributed by atoms with Gasteiger partial charge in [-0.05, 0) is 52.0 Å². The lowest BCUT2D eigenvalue weighted by Crippen LogP contribution is -2.36. The van der Waals surface area contributed by atoms with Crippen molar-refractivity contribution >= 4 is 19.2 Å². The second-order valence-electron chi connectivity index (χ2n) is 4.41. The Morgan fingerprint density at radius 1 is 1.24 bits per heavy atom. The van der Waals surface area contributed by atoms with Crippen LogP contribution < -0.4 is 4.67 Å². The normalized spacial score (nSPS) is 13.0. The molecule has 0 aromatic heterocycles. The molecule has 0 radical (unpaired) electrons. The Morgan fingerprint density at radius 3 is 2.10 bits per heavy atom. The van der Waals surface area contributed by atoms with Crippen LogP contribution in [0.4, 0.5) is 10.1 Å². The van der Waals surface area contributed by atoms with Crippen LogP contribution in [-0.4, -0.2) is 25.0 Å². The van der Waals surface area contributed by atoms with Crippen molar-refractivity contribution in [2.75, 3.05) is 17.9 Å². The number of halogens is 1. The van der Waals surface area contributed by atoms with Gasteiger partial charge in [0.25, 0.3) is 0 Å². The first-order chi connectivity index (χ1) is 9.85. The van der Waals surface area contributed by atoms with E-state index in [1.807, 2.05) is 0 Å². The molecule has 0 spiro atoms. The van der Waals surface area contributed by atoms with Crippen molar-refractivity contribution < 1.29 is 22.8 Å². The zero-order valence-electron chi connectivity index (χ0n) is 12.7. The van der Waals surface area contributed by atoms with E-state index in [4.69, 9.17) is 9.05 Å². The van der Waals surface area contributed by atoms with Gasteiger partial charge in [-0.3, -0.25) is 18.5 Å². The fraction of sp³-hybridized carbons (Fsp3) is 0.500. The van der Waals surface area contributed by atoms with Gasteiger partial charge in [-0.15, -0.1) is 0 Å². The van der Waals surface area contributed by atoms with E-state index < -0.39 is 19.6 Å². The van der Waals surface area contributed by atoms with E-state index >= 15 is 0 Å². The summed E-state index contributed by atoms with van der Waals surface area (Å²) < 4.78 is 38.0. The van der Waals surface area contributed by atoms with Crippen LogP contribution in [0.5, 0.6) is 0 Å². The number of Topliss-reactive ketones (excluding diaryl/α,β-unsaturated/α-hetero) is 1. The highest BCUT2D eigenvalue weighted by Crippen LogP contribution is 2.55. The highest BCUT2D eigenvalue weighted by molar-refractivity contribution is 7.55. The van der Waals surface area contributed by atoms with E-state index in [2.05, 4.69) is 0 Å². The molecule has 1 unspecified atom stereocenters. The minimum absolute atomic E-state index is 0.166. The summed E-state index contributed by atoms with van der Waals surface area (Å²) in [5.74, 6) is -0.615. The molecule has 5 nitrogen and oxygen atoms in total. The molecule has 0 aliphatic heterocycles. The zero-order chi connectivity index (χ0) is 16.0. The number of hydrogen-bond acceptors (Lipinski definition) is 4. The molecule has 7 heteroatoms. The molecule has 0 N–H and O–H groups in total. The number of ketones is 1. The molecule has 0 fully saturated rings. The Bertz CT molecular complexity index is 510. The van der Waals surface area contributed by atoms with Crippen LogP contribution in [0.25, 0.3) is 0 Å². The Hall–Kier alpha value is -1.23. The second-order valence-corrected chi connectivity index (χ2v) is 6.30. The van der Waals surface area contributed by atoms with Crippen molar-refractivity contribution in [2.45, 2.75) is 33.7 Å². The minimum atomic E-state index is -3.69. The number of nitrogens with zero attached hydrogens (tertiary/aromatic N) is 1. The van der Waals surface area contributed by atoms with Crippen molar-refractivity contribution in [1.29, 1.82) is 0 Å². The van der Waals surface area contributed by atoms with Crippen LogP contribution in [0.3, 0.4) is 0 Å². The Kier molecular flexibility index (Phi) is 6.52. The van der Waals surface area contributed by atoms with Gasteiger partial charge >= 0.3 is 7.75 Å². The molecule has 0 saturated carbocycles. The van der Waals surface area contributed by atoms with Crippen LogP contribution in [0.1, 0.15) is 27.7 Å². The van der Waals surface area contributed by atoms with Gasteiger partial charge in [-0.25, -0.2) is 8.96 Å². The largest absolute Gasteiger partial charge is 0.435 e. The van der Waals surface area contributed by atoms with Crippen LogP contribution in [-0.2, 0) is 18.4 Å². The molecule has 1 atom stereocenters. The highest BCUT2D eigenvalue weighted by Gasteiger charge is 2.38. The van der Waals surface area contributed by atoms with Crippen molar-refractivity contribution in [2.24, 2.45) is 0 Å². The second kappa shape index (κ2) is 7.69. The number of benzene rings is 1. The molecule has 1 aromatic rings. The van der Waals surface area contributed by atoms with Gasteiger partial charge in [-0.2, -0.15) is 0 Å². The summed E-state index contributed by atoms with van der Waals surface area (Å²) >= 11 is 0. The van der Waals surface area contributed by atoms with E-state index in [9.17, 15) is 13.8 Å². The summed E-state index contributed by atoms with van der Waals surface area (Å²) in [5, 5.41) is 0. The van der Waals surface area contributed by atoms with Crippen molar-refractivity contribution in [1.82, 2.24) is 0 Å². The van der Waals surface area contributed by atoms with Gasteiger partial charge in [0.2, 0.25) is 0 Å². The standard InChI is InChI=1S/C14H21FNO4P/c1-5-19-21(18,20-6-2)16(11(3)12(4)17)14-9-7-13(15)8-10-14/h7-11H,5-6H2,1-4H3. The van der Waals surface area contributed by atoms with E-state index in [-0.39, 0.29) is 19.0 Å². The van der Waals surface area contributed by atoms with Crippen LogP contribution in [0.2, 0.25) is 0 Å². The first-order valence-corrected chi connectivity index (χ1v) is 8.30. The maximum absolute atomic E-state index is 13.1. The fourth-order valence-corrected chi connectivity index (χ4v) is 3.81. The van der Waals surface area contributed by atoms with Crippen LogP contribution >= 0.6 is 7.75 Å². The summed E-state index contributed by atoms with van der Waals surface area (Å²) in [7, 11) is -3.69. The summed E-state index contributed by atoms with van der Waals surface area (Å²) in [6, 6.07) is 4.63. The molecule has 118 valence electrons. The van der Waals surface area contributed by atoms with Gasteiger partial charge in [0, 0.05) is 5.69 Å². The van der Waals surface area contributed by atoms with Crippen LogP contribution in [0.15, 0.2) is 24.3 Å². The van der Waals surface area contributed by atoms with E-state index in [0.29, 0.717) is 5.69 Å². The summed E-state index contributed by atoms with van der Waals surface area (Å²) in [6.07, 6.45) is 0. The summed E-state index contributed by atoms with van der Waals surface area (Å²) in [6.45, 7) is 6.71. The van der Waals surface area contributed by atoms with E-state index in [0.717, 1.165) is 0 Å². The van der Waals surface area contributed by atoms with Gasteiger partial charge in [-0.1, -0.05) is 0 Å². The molecule has 0 heterocycles. The third kappa shape index (κ3) is 4.37. The minimum Gasteiger partial charge on any atom is -0.298 e. The molecule has 1 rings (SSSR count). The van der Waals surface area contributed by atoms with Crippen molar-refractivity contribution in [3.8, 4) is 0 Å². The maximum atomic E-state index is 13.1. The molecule has 1 aromatic carbocycles. The molecule has 0 bridgehead atoms. The van der Waals surface area contributed by atoms with Crippen LogP contribution in [0, 0.1) is 5.82 Å². The first kappa shape index (κ1) is 17.8. The lowest BCUT2D eigenvalue weighted by Gasteiger charge is -2.34. The number of carbonyl (C=O) groups is 1. The van der Waals surface area contributed by atoms with E-state index in [1.165, 1.54) is 35.9 Å². The number of rotatable bonds is 8. The SMILES string of the molecule is CCOP(=O)(OCC)N(c1ccc(F)cc1)C(C)C(C)=O. The third-order valence-electron chi connectivity index (χ3n) is 2.89. The Labute approximate surface area is 124 Å². The maximum Gasteiger partial charge on any atom is 0.435 e. The fourth-order valence-electron chi connectivity index (χ4n) is 1.83. The molecule has 0 aliphatic carbocycles. The first-order valence-electron chi connectivity index (χ1n) is 6.80. The lowest BCUT2D eigenvalue weighted by atomic mass is 10.2. The zero-order valence-corrected chi connectivity index (χ0v) is 13.6. The highest BCUT2D eigenvalue weighted by atomic mass is 31.2. The van der Waals surface area contributed by atoms with Crippen molar-refractivity contribution in [3.63, 3.8) is 0 Å². The predicted octanol–water partition coefficient (Wildman–Crippen LogP) is 3.79. The van der Waals surface area contributed by atoms with Crippen molar-refractivity contribution in [3.05, 3.63) is 30.1 Å². The third-order valence-corrected chi connectivity index (χ3v) is 5.17. The molecular formula is C14H21FNO4P. The Balaban J connectivity index is 3.32. The number of hydrogen-bond donors (Lipinski definition) is 0. The molecule has 21 heavy (non-hydrogen) atoms. The predicted molar refractivity (Wildman–Crippen MR) is 79.9 cm³/mol. The molecular weight excluding hydrogens is 296 g/mol. The summed E-state index contributed by atoms with van der Waals surface area (Å²) in [4.78, 5) is 11.7. The van der Waals surface area contributed by atoms with Gasteiger partial charge < -0.3 is 0 Å². The molecule has 0 aliphatic rings. The monoisotopic (exact) mass is 317 g/mol. The quantitative estimate of drug-likeness (QED) is 0.683. The summed E-state index contributed by atoms with van der Waals surface area (Å²) in [5.41, 5.74) is 0.407. The van der Waals surface area contributed by atoms with Gasteiger partial charge in [0.05, 0.1) is 19.3 Å². The van der Waals surface area contributed by atoms with Gasteiger partial charge in [0.1, 0.15) is 5.82 Å². The number of anilines is 1. The Morgan fingerprint density at radius 2 is 1.71 bits per heavy atom. The average molecular weight is 317 g/mol. The number of carbonyl (C=O) groups excluding carboxylic acids is 1. The average Bonchev–Trinajstić information content (AvgIpc) is 2.41. The lowest BCUT2D eigenvalue weighted by molar-refractivity contribution is -0.117. The molecule has 0 amide bonds.